The van der Waals surface area contributed by atoms with Crippen LogP contribution in [0, 0.1) is 11.6 Å². The Labute approximate surface area is 158 Å². The molecule has 1 N–H and O–H groups in total. The summed E-state index contributed by atoms with van der Waals surface area (Å²) in [6.45, 7) is 0. The molecule has 0 saturated carbocycles. The first-order valence-electron chi connectivity index (χ1n) is 8.15. The first-order chi connectivity index (χ1) is 13.0. The van der Waals surface area contributed by atoms with Gasteiger partial charge in [-0.1, -0.05) is 29.8 Å². The molecular weight excluding hydrogens is 374 g/mol. The highest BCUT2D eigenvalue weighted by atomic mass is 35.5. The first kappa shape index (κ1) is 17.4. The second kappa shape index (κ2) is 6.96. The average molecular weight is 387 g/mol. The first-order valence-corrected chi connectivity index (χ1v) is 8.52. The van der Waals surface area contributed by atoms with Crippen LogP contribution in [-0.2, 0) is 4.74 Å². The van der Waals surface area contributed by atoms with E-state index in [9.17, 15) is 13.6 Å². The van der Waals surface area contributed by atoms with Crippen molar-refractivity contribution >= 4 is 17.7 Å². The van der Waals surface area contributed by atoms with Gasteiger partial charge in [-0.15, -0.1) is 0 Å². The number of carbonyl (C=O) groups is 1. The summed E-state index contributed by atoms with van der Waals surface area (Å²) in [6.07, 6.45) is 1.46. The molecule has 4 nitrogen and oxygen atoms in total. The highest BCUT2D eigenvalue weighted by molar-refractivity contribution is 6.33. The van der Waals surface area contributed by atoms with E-state index in [2.05, 4.69) is 10.3 Å². The van der Waals surface area contributed by atoms with Gasteiger partial charge in [-0.25, -0.2) is 13.6 Å². The molecule has 0 bridgehead atoms. The molecule has 1 aliphatic heterocycles. The van der Waals surface area contributed by atoms with Crippen molar-refractivity contribution < 1.29 is 18.3 Å². The molecule has 1 aromatic heterocycles. The van der Waals surface area contributed by atoms with E-state index in [1.54, 1.807) is 24.5 Å². The van der Waals surface area contributed by atoms with Gasteiger partial charge in [-0.2, -0.15) is 0 Å². The Morgan fingerprint density at radius 2 is 1.89 bits per heavy atom. The van der Waals surface area contributed by atoms with Crippen molar-refractivity contribution in [3.8, 4) is 11.1 Å². The van der Waals surface area contributed by atoms with Crippen LogP contribution in [0.4, 0.5) is 13.6 Å². The molecule has 2 heterocycles. The molecule has 3 aromatic rings. The fourth-order valence-corrected chi connectivity index (χ4v) is 3.37. The number of nitrogens with one attached hydrogen (secondary N) is 1. The highest BCUT2D eigenvalue weighted by Gasteiger charge is 2.38. The standard InChI is InChI=1S/C20H13ClF2N2O2/c21-16-4-2-1-3-14(16)11-7-12(10-24-9-11)18-19(27-20(26)25-18)15-8-13(22)5-6-17(15)23/h1-10,18-19H,(H,25,26)/t18-,19?/m1/s1. The van der Waals surface area contributed by atoms with Gasteiger partial charge < -0.3 is 10.1 Å². The van der Waals surface area contributed by atoms with Gasteiger partial charge in [0.15, 0.2) is 6.10 Å². The van der Waals surface area contributed by atoms with Crippen molar-refractivity contribution in [2.75, 3.05) is 0 Å². The van der Waals surface area contributed by atoms with Crippen LogP contribution in [0.3, 0.4) is 0 Å². The van der Waals surface area contributed by atoms with Gasteiger partial charge in [0.25, 0.3) is 0 Å². The summed E-state index contributed by atoms with van der Waals surface area (Å²) in [6, 6.07) is 11.4. The number of cyclic esters (lactones) is 1. The smallest absolute Gasteiger partial charge is 0.408 e. The topological polar surface area (TPSA) is 51.2 Å². The molecule has 1 unspecified atom stereocenters. The number of hydrogen-bond acceptors (Lipinski definition) is 3. The van der Waals surface area contributed by atoms with E-state index in [-0.39, 0.29) is 5.56 Å². The van der Waals surface area contributed by atoms with Crippen LogP contribution in [-0.4, -0.2) is 11.1 Å². The molecule has 2 atom stereocenters. The highest BCUT2D eigenvalue weighted by Crippen LogP contribution is 2.39. The fourth-order valence-electron chi connectivity index (χ4n) is 3.12. The minimum absolute atomic E-state index is 0.0403. The Morgan fingerprint density at radius 1 is 1.07 bits per heavy atom. The SMILES string of the molecule is O=C1N[C@H](c2cncc(-c3ccccc3Cl)c2)C(c2cc(F)ccc2F)O1. The summed E-state index contributed by atoms with van der Waals surface area (Å²) in [7, 11) is 0. The Balaban J connectivity index is 1.75. The molecule has 0 aliphatic carbocycles. The lowest BCUT2D eigenvalue weighted by Crippen LogP contribution is -2.20. The number of amides is 1. The van der Waals surface area contributed by atoms with E-state index >= 15 is 0 Å². The average Bonchev–Trinajstić information content (AvgIpc) is 3.06. The summed E-state index contributed by atoms with van der Waals surface area (Å²) in [5.41, 5.74) is 2.05. The van der Waals surface area contributed by atoms with E-state index in [1.165, 1.54) is 0 Å². The van der Waals surface area contributed by atoms with E-state index in [0.717, 1.165) is 29.3 Å². The number of benzene rings is 2. The van der Waals surface area contributed by atoms with Crippen LogP contribution in [0.2, 0.25) is 5.02 Å². The van der Waals surface area contributed by atoms with E-state index < -0.39 is 29.9 Å². The molecule has 1 amide bonds. The number of hydrogen-bond donors (Lipinski definition) is 1. The third kappa shape index (κ3) is 3.36. The Bertz CT molecular complexity index is 1030. The lowest BCUT2D eigenvalue weighted by molar-refractivity contribution is 0.130. The minimum Gasteiger partial charge on any atom is -0.439 e. The number of rotatable bonds is 3. The van der Waals surface area contributed by atoms with Gasteiger partial charge in [-0.05, 0) is 35.9 Å². The number of ether oxygens (including phenoxy) is 1. The van der Waals surface area contributed by atoms with Crippen LogP contribution >= 0.6 is 11.6 Å². The monoisotopic (exact) mass is 386 g/mol. The van der Waals surface area contributed by atoms with Gasteiger partial charge >= 0.3 is 6.09 Å². The number of nitrogens with zero attached hydrogens (tertiary/aromatic N) is 1. The Hall–Kier alpha value is -2.99. The number of halogens is 3. The molecule has 0 radical (unpaired) electrons. The summed E-state index contributed by atoms with van der Waals surface area (Å²) in [4.78, 5) is 16.0. The van der Waals surface area contributed by atoms with Crippen LogP contribution in [0.15, 0.2) is 60.9 Å². The van der Waals surface area contributed by atoms with Crippen molar-refractivity contribution in [2.45, 2.75) is 12.1 Å². The molecule has 1 aliphatic rings. The predicted octanol–water partition coefficient (Wildman–Crippen LogP) is 5.20. The molecular formula is C20H13ClF2N2O2. The van der Waals surface area contributed by atoms with Crippen LogP contribution in [0.5, 0.6) is 0 Å². The maximum atomic E-state index is 14.2. The lowest BCUT2D eigenvalue weighted by Gasteiger charge is -2.18. The maximum absolute atomic E-state index is 14.2. The summed E-state index contributed by atoms with van der Waals surface area (Å²) in [5.74, 6) is -1.27. The van der Waals surface area contributed by atoms with Crippen LogP contribution in [0.1, 0.15) is 23.3 Å². The fraction of sp³-hybridized carbons (Fsp3) is 0.100. The lowest BCUT2D eigenvalue weighted by atomic mass is 9.95. The molecule has 27 heavy (non-hydrogen) atoms. The molecule has 0 spiro atoms. The van der Waals surface area contributed by atoms with Crippen molar-refractivity contribution in [2.24, 2.45) is 0 Å². The normalized spacial score (nSPS) is 18.9. The van der Waals surface area contributed by atoms with Crippen molar-refractivity contribution in [3.05, 3.63) is 88.7 Å². The summed E-state index contributed by atoms with van der Waals surface area (Å²) < 4.78 is 33.0. The van der Waals surface area contributed by atoms with Crippen LogP contribution < -0.4 is 5.32 Å². The third-order valence-electron chi connectivity index (χ3n) is 4.38. The zero-order chi connectivity index (χ0) is 19.0. The molecule has 2 aromatic carbocycles. The number of pyridine rings is 1. The van der Waals surface area contributed by atoms with Crippen LogP contribution in [0.25, 0.3) is 11.1 Å². The van der Waals surface area contributed by atoms with E-state index in [0.29, 0.717) is 10.6 Å². The Morgan fingerprint density at radius 3 is 2.70 bits per heavy atom. The van der Waals surface area contributed by atoms with Crippen molar-refractivity contribution in [3.63, 3.8) is 0 Å². The van der Waals surface area contributed by atoms with Gasteiger partial charge in [0.2, 0.25) is 0 Å². The van der Waals surface area contributed by atoms with Crippen molar-refractivity contribution in [1.29, 1.82) is 0 Å². The predicted molar refractivity (Wildman–Crippen MR) is 96.1 cm³/mol. The second-order valence-corrected chi connectivity index (χ2v) is 6.51. The second-order valence-electron chi connectivity index (χ2n) is 6.10. The van der Waals surface area contributed by atoms with Crippen molar-refractivity contribution in [1.82, 2.24) is 10.3 Å². The Kier molecular flexibility index (Phi) is 4.49. The van der Waals surface area contributed by atoms with Gasteiger partial charge in [0.05, 0.1) is 0 Å². The van der Waals surface area contributed by atoms with Gasteiger partial charge in [0, 0.05) is 34.1 Å². The molecule has 1 fully saturated rings. The summed E-state index contributed by atoms with van der Waals surface area (Å²) in [5, 5.41) is 3.19. The van der Waals surface area contributed by atoms with E-state index in [1.807, 2.05) is 18.2 Å². The number of alkyl carbamates (subject to hydrolysis) is 1. The number of aromatic nitrogens is 1. The quantitative estimate of drug-likeness (QED) is 0.673. The molecule has 1 saturated heterocycles. The minimum atomic E-state index is -1.02. The molecule has 136 valence electrons. The maximum Gasteiger partial charge on any atom is 0.408 e. The van der Waals surface area contributed by atoms with Gasteiger partial charge in [-0.3, -0.25) is 4.98 Å². The molecule has 4 rings (SSSR count). The summed E-state index contributed by atoms with van der Waals surface area (Å²) >= 11 is 6.24. The zero-order valence-electron chi connectivity index (χ0n) is 13.8. The largest absolute Gasteiger partial charge is 0.439 e. The van der Waals surface area contributed by atoms with E-state index in [4.69, 9.17) is 16.3 Å². The molecule has 7 heteroatoms. The van der Waals surface area contributed by atoms with Gasteiger partial charge in [0.1, 0.15) is 17.7 Å². The third-order valence-corrected chi connectivity index (χ3v) is 4.71. The number of carbonyl (C=O) groups excluding carboxylic acids is 1. The zero-order valence-corrected chi connectivity index (χ0v) is 14.6.